The maximum Gasteiger partial charge on any atom is 0.288 e. The Balaban J connectivity index is 1.56. The first-order valence-corrected chi connectivity index (χ1v) is 10.0. The number of aliphatic hydroxyl groups excluding tert-OH is 1. The van der Waals surface area contributed by atoms with E-state index in [1.807, 2.05) is 42.3 Å². The Morgan fingerprint density at radius 1 is 1.19 bits per heavy atom. The second kappa shape index (κ2) is 9.38. The molecular formula is C22H31NO4. The molecule has 0 saturated heterocycles. The van der Waals surface area contributed by atoms with Gasteiger partial charge in [-0.1, -0.05) is 50.5 Å². The number of hydrogen-bond donors (Lipinski definition) is 1. The lowest BCUT2D eigenvalue weighted by molar-refractivity contribution is -0.158. The van der Waals surface area contributed by atoms with E-state index in [1.54, 1.807) is 0 Å². The van der Waals surface area contributed by atoms with Crippen molar-refractivity contribution >= 4 is 5.91 Å². The Bertz CT molecular complexity index is 649. The van der Waals surface area contributed by atoms with E-state index in [1.165, 1.54) is 19.3 Å². The summed E-state index contributed by atoms with van der Waals surface area (Å²) in [6, 6.07) is 7.97. The Morgan fingerprint density at radius 3 is 2.52 bits per heavy atom. The molecule has 2 aliphatic rings. The van der Waals surface area contributed by atoms with Gasteiger partial charge in [-0.2, -0.15) is 0 Å². The minimum atomic E-state index is -0.416. The number of benzene rings is 1. The van der Waals surface area contributed by atoms with Gasteiger partial charge >= 0.3 is 0 Å². The van der Waals surface area contributed by atoms with Crippen LogP contribution >= 0.6 is 0 Å². The molecule has 1 fully saturated rings. The summed E-state index contributed by atoms with van der Waals surface area (Å²) in [5.41, 5.74) is 1.90. The molecule has 0 radical (unpaired) electrons. The predicted molar refractivity (Wildman–Crippen MR) is 104 cm³/mol. The van der Waals surface area contributed by atoms with E-state index in [9.17, 15) is 4.79 Å². The zero-order valence-corrected chi connectivity index (χ0v) is 16.4. The number of hydrogen-bond acceptors (Lipinski definition) is 4. The average Bonchev–Trinajstić information content (AvgIpc) is 2.71. The molecule has 0 aromatic heterocycles. The molecule has 1 heterocycles. The van der Waals surface area contributed by atoms with Crippen LogP contribution in [0.3, 0.4) is 0 Å². The molecule has 148 valence electrons. The lowest BCUT2D eigenvalue weighted by Gasteiger charge is -2.34. The lowest BCUT2D eigenvalue weighted by atomic mass is 9.94. The molecule has 1 aliphatic heterocycles. The first-order chi connectivity index (χ1) is 13.1. The molecule has 1 amide bonds. The van der Waals surface area contributed by atoms with Gasteiger partial charge in [-0.15, -0.1) is 0 Å². The molecule has 0 unspecified atom stereocenters. The minimum Gasteiger partial charge on any atom is -0.459 e. The Hall–Kier alpha value is -1.85. The largest absolute Gasteiger partial charge is 0.459 e. The van der Waals surface area contributed by atoms with Crippen molar-refractivity contribution in [1.82, 2.24) is 4.90 Å². The van der Waals surface area contributed by atoms with Crippen molar-refractivity contribution in [2.45, 2.75) is 71.0 Å². The summed E-state index contributed by atoms with van der Waals surface area (Å²) in [4.78, 5) is 14.7. The third kappa shape index (κ3) is 5.33. The Kier molecular flexibility index (Phi) is 6.91. The van der Waals surface area contributed by atoms with Gasteiger partial charge < -0.3 is 19.5 Å². The number of likely N-dealkylation sites (N-methyl/N-ethyl adjacent to an activating group) is 1. The normalized spacial score (nSPS) is 23.4. The van der Waals surface area contributed by atoms with Crippen LogP contribution in [0.2, 0.25) is 0 Å². The van der Waals surface area contributed by atoms with Gasteiger partial charge in [-0.3, -0.25) is 4.79 Å². The van der Waals surface area contributed by atoms with Crippen LogP contribution in [-0.4, -0.2) is 35.3 Å². The number of amides is 1. The number of aliphatic hydroxyl groups is 1. The molecule has 1 saturated carbocycles. The number of nitrogens with zero attached hydrogens (tertiary/aromatic N) is 1. The second-order valence-corrected chi connectivity index (χ2v) is 7.78. The summed E-state index contributed by atoms with van der Waals surface area (Å²) >= 11 is 0. The molecule has 2 atom stereocenters. The van der Waals surface area contributed by atoms with E-state index in [2.05, 4.69) is 6.92 Å². The minimum absolute atomic E-state index is 0.0330. The van der Waals surface area contributed by atoms with Crippen LogP contribution in [0.5, 0.6) is 0 Å². The molecule has 1 aliphatic carbocycles. The zero-order valence-electron chi connectivity index (χ0n) is 16.4. The molecule has 27 heavy (non-hydrogen) atoms. The van der Waals surface area contributed by atoms with Crippen LogP contribution in [0.1, 0.15) is 56.6 Å². The smallest absolute Gasteiger partial charge is 0.288 e. The van der Waals surface area contributed by atoms with Crippen LogP contribution in [0, 0.1) is 5.92 Å². The summed E-state index contributed by atoms with van der Waals surface area (Å²) in [5.74, 6) is 0.621. The average molecular weight is 373 g/mol. The van der Waals surface area contributed by atoms with Gasteiger partial charge in [0.25, 0.3) is 5.91 Å². The third-order valence-corrected chi connectivity index (χ3v) is 5.55. The van der Waals surface area contributed by atoms with Gasteiger partial charge in [0.15, 0.2) is 5.76 Å². The topological polar surface area (TPSA) is 59.0 Å². The summed E-state index contributed by atoms with van der Waals surface area (Å²) in [6.45, 7) is 2.54. The molecular weight excluding hydrogens is 342 g/mol. The van der Waals surface area contributed by atoms with Gasteiger partial charge in [-0.05, 0) is 36.0 Å². The van der Waals surface area contributed by atoms with Crippen molar-refractivity contribution in [2.24, 2.45) is 5.92 Å². The van der Waals surface area contributed by atoms with E-state index in [0.717, 1.165) is 30.4 Å². The van der Waals surface area contributed by atoms with Crippen molar-refractivity contribution in [1.29, 1.82) is 0 Å². The second-order valence-electron chi connectivity index (χ2n) is 7.78. The van der Waals surface area contributed by atoms with Crippen LogP contribution in [0.4, 0.5) is 0 Å². The quantitative estimate of drug-likeness (QED) is 0.825. The molecule has 1 aromatic carbocycles. The summed E-state index contributed by atoms with van der Waals surface area (Å²) in [7, 11) is 1.89. The Labute approximate surface area is 162 Å². The van der Waals surface area contributed by atoms with Crippen LogP contribution in [-0.2, 0) is 27.5 Å². The molecule has 5 nitrogen and oxygen atoms in total. The van der Waals surface area contributed by atoms with Crippen molar-refractivity contribution in [2.75, 3.05) is 7.05 Å². The van der Waals surface area contributed by atoms with E-state index < -0.39 is 6.29 Å². The summed E-state index contributed by atoms with van der Waals surface area (Å²) < 4.78 is 11.8. The van der Waals surface area contributed by atoms with Gasteiger partial charge in [0.1, 0.15) is 0 Å². The van der Waals surface area contributed by atoms with Gasteiger partial charge in [0.2, 0.25) is 6.29 Å². The highest BCUT2D eigenvalue weighted by Crippen LogP contribution is 2.27. The monoisotopic (exact) mass is 373 g/mol. The Morgan fingerprint density at radius 2 is 1.85 bits per heavy atom. The maximum atomic E-state index is 12.9. The number of rotatable bonds is 6. The molecule has 3 rings (SSSR count). The highest BCUT2D eigenvalue weighted by atomic mass is 16.7. The maximum absolute atomic E-state index is 12.9. The summed E-state index contributed by atoms with van der Waals surface area (Å²) in [6.07, 6.45) is 8.06. The first kappa shape index (κ1) is 19.9. The lowest BCUT2D eigenvalue weighted by Crippen LogP contribution is -2.41. The SMILES string of the molecule is C[C@H]1C=C(C(=O)N(C)C2CCCCC2)O[C@@H](OCc2ccc(CO)cc2)C1. The number of ether oxygens (including phenoxy) is 2. The fraction of sp³-hybridized carbons (Fsp3) is 0.591. The zero-order chi connectivity index (χ0) is 19.2. The molecule has 0 bridgehead atoms. The first-order valence-electron chi connectivity index (χ1n) is 10.0. The molecule has 5 heteroatoms. The predicted octanol–water partition coefficient (Wildman–Crippen LogP) is 3.75. The number of carbonyl (C=O) groups excluding carboxylic acids is 1. The summed E-state index contributed by atoms with van der Waals surface area (Å²) in [5, 5.41) is 9.12. The van der Waals surface area contributed by atoms with Gasteiger partial charge in [-0.25, -0.2) is 0 Å². The highest BCUT2D eigenvalue weighted by Gasteiger charge is 2.30. The molecule has 1 N–H and O–H groups in total. The fourth-order valence-corrected chi connectivity index (χ4v) is 3.82. The van der Waals surface area contributed by atoms with E-state index >= 15 is 0 Å². The highest BCUT2D eigenvalue weighted by molar-refractivity contribution is 5.91. The molecule has 0 spiro atoms. The van der Waals surface area contributed by atoms with Crippen LogP contribution in [0.15, 0.2) is 36.1 Å². The van der Waals surface area contributed by atoms with E-state index in [-0.39, 0.29) is 18.4 Å². The van der Waals surface area contributed by atoms with Crippen molar-refractivity contribution in [3.8, 4) is 0 Å². The molecule has 1 aromatic rings. The van der Waals surface area contributed by atoms with Crippen molar-refractivity contribution in [3.05, 3.63) is 47.2 Å². The number of carbonyl (C=O) groups is 1. The van der Waals surface area contributed by atoms with Crippen molar-refractivity contribution in [3.63, 3.8) is 0 Å². The van der Waals surface area contributed by atoms with E-state index in [4.69, 9.17) is 14.6 Å². The van der Waals surface area contributed by atoms with Gasteiger partial charge in [0.05, 0.1) is 13.2 Å². The number of allylic oxidation sites excluding steroid dienone is 1. The van der Waals surface area contributed by atoms with Crippen molar-refractivity contribution < 1.29 is 19.4 Å². The fourth-order valence-electron chi connectivity index (χ4n) is 3.82. The standard InChI is InChI=1S/C22H31NO4/c1-16-12-20(22(25)23(2)19-6-4-3-5-7-19)27-21(13-16)26-15-18-10-8-17(14-24)9-11-18/h8-12,16,19,21,24H,3-7,13-15H2,1-2H3/t16-,21+/m0/s1. The van der Waals surface area contributed by atoms with Crippen LogP contribution in [0.25, 0.3) is 0 Å². The third-order valence-electron chi connectivity index (χ3n) is 5.55. The van der Waals surface area contributed by atoms with Crippen LogP contribution < -0.4 is 0 Å². The van der Waals surface area contributed by atoms with E-state index in [0.29, 0.717) is 18.4 Å². The van der Waals surface area contributed by atoms with Gasteiger partial charge in [0, 0.05) is 19.5 Å².